The van der Waals surface area contributed by atoms with Crippen molar-refractivity contribution in [3.63, 3.8) is 0 Å². The van der Waals surface area contributed by atoms with Gasteiger partial charge in [-0.15, -0.1) is 12.4 Å². The van der Waals surface area contributed by atoms with E-state index >= 15 is 0 Å². The van der Waals surface area contributed by atoms with Gasteiger partial charge in [-0.1, -0.05) is 0 Å². The number of halogens is 1. The van der Waals surface area contributed by atoms with Crippen molar-refractivity contribution >= 4 is 36.0 Å². The molecule has 132 valence electrons. The molecule has 6 nitrogen and oxygen atoms in total. The third kappa shape index (κ3) is 4.75. The smallest absolute Gasteiger partial charge is 0.245 e. The van der Waals surface area contributed by atoms with Gasteiger partial charge in [0, 0.05) is 50.1 Å². The van der Waals surface area contributed by atoms with Crippen molar-refractivity contribution in [2.75, 3.05) is 50.9 Å². The van der Waals surface area contributed by atoms with E-state index in [9.17, 15) is 9.59 Å². The summed E-state index contributed by atoms with van der Waals surface area (Å²) >= 11 is 1.89. The molecule has 3 aliphatic rings. The molecule has 3 aliphatic heterocycles. The van der Waals surface area contributed by atoms with Crippen LogP contribution in [-0.2, 0) is 14.3 Å². The maximum Gasteiger partial charge on any atom is 0.245 e. The highest BCUT2D eigenvalue weighted by atomic mass is 35.5. The zero-order valence-electron chi connectivity index (χ0n) is 13.4. The third-order valence-corrected chi connectivity index (χ3v) is 5.54. The Morgan fingerprint density at radius 2 is 2.00 bits per heavy atom. The van der Waals surface area contributed by atoms with Gasteiger partial charge in [-0.25, -0.2) is 0 Å². The number of thioether (sulfide) groups is 1. The van der Waals surface area contributed by atoms with Crippen LogP contribution in [0.3, 0.4) is 0 Å². The monoisotopic (exact) mass is 363 g/mol. The fraction of sp³-hybridized carbons (Fsp3) is 0.867. The van der Waals surface area contributed by atoms with Gasteiger partial charge in [-0.3, -0.25) is 9.59 Å². The molecule has 3 heterocycles. The van der Waals surface area contributed by atoms with E-state index in [4.69, 9.17) is 4.74 Å². The van der Waals surface area contributed by atoms with Crippen LogP contribution in [0.25, 0.3) is 0 Å². The van der Waals surface area contributed by atoms with Crippen molar-refractivity contribution in [3.05, 3.63) is 0 Å². The summed E-state index contributed by atoms with van der Waals surface area (Å²) in [6.07, 6.45) is 2.17. The minimum atomic E-state index is -0.236. The average Bonchev–Trinajstić information content (AvgIpc) is 3.05. The summed E-state index contributed by atoms with van der Waals surface area (Å²) in [6, 6.07) is -0.149. The molecule has 2 unspecified atom stereocenters. The number of ether oxygens (including phenoxy) is 1. The van der Waals surface area contributed by atoms with E-state index in [-0.39, 0.29) is 36.3 Å². The second-order valence-electron chi connectivity index (χ2n) is 6.11. The fourth-order valence-electron chi connectivity index (χ4n) is 3.40. The van der Waals surface area contributed by atoms with Crippen molar-refractivity contribution < 1.29 is 14.3 Å². The number of nitrogens with one attached hydrogen (secondary N) is 1. The number of hydrogen-bond acceptors (Lipinski definition) is 5. The van der Waals surface area contributed by atoms with Crippen molar-refractivity contribution in [2.24, 2.45) is 0 Å². The van der Waals surface area contributed by atoms with Gasteiger partial charge in [0.1, 0.15) is 6.04 Å². The average molecular weight is 364 g/mol. The molecule has 23 heavy (non-hydrogen) atoms. The normalized spacial score (nSPS) is 28.3. The molecule has 3 rings (SSSR count). The van der Waals surface area contributed by atoms with E-state index in [2.05, 4.69) is 5.32 Å². The van der Waals surface area contributed by atoms with Crippen LogP contribution in [0.1, 0.15) is 19.3 Å². The van der Waals surface area contributed by atoms with Gasteiger partial charge in [0.2, 0.25) is 11.8 Å². The summed E-state index contributed by atoms with van der Waals surface area (Å²) in [4.78, 5) is 29.0. The maximum absolute atomic E-state index is 12.7. The Hall–Kier alpha value is -0.500. The van der Waals surface area contributed by atoms with Gasteiger partial charge >= 0.3 is 0 Å². The SMILES string of the molecule is Cl.O=C(C1CCCN1C(=O)CC1COCCN1)N1CCSCC1. The van der Waals surface area contributed by atoms with Crippen LogP contribution < -0.4 is 5.32 Å². The number of likely N-dealkylation sites (tertiary alicyclic amines) is 1. The van der Waals surface area contributed by atoms with Crippen molar-refractivity contribution in [1.82, 2.24) is 15.1 Å². The standard InChI is InChI=1S/C15H25N3O3S.ClH/c19-14(10-12-11-21-7-3-16-12)18-4-1-2-13(18)15(20)17-5-8-22-9-6-17;/h12-13,16H,1-11H2;1H. The van der Waals surface area contributed by atoms with Gasteiger partial charge in [0.15, 0.2) is 0 Å². The quantitative estimate of drug-likeness (QED) is 0.784. The topological polar surface area (TPSA) is 61.9 Å². The second kappa shape index (κ2) is 9.11. The lowest BCUT2D eigenvalue weighted by Gasteiger charge is -2.33. The highest BCUT2D eigenvalue weighted by molar-refractivity contribution is 7.99. The first-order valence-electron chi connectivity index (χ1n) is 8.23. The summed E-state index contributed by atoms with van der Waals surface area (Å²) in [5, 5.41) is 3.31. The van der Waals surface area contributed by atoms with Gasteiger partial charge < -0.3 is 19.9 Å². The Morgan fingerprint density at radius 1 is 1.22 bits per heavy atom. The zero-order valence-corrected chi connectivity index (χ0v) is 15.0. The van der Waals surface area contributed by atoms with Crippen LogP contribution in [0.4, 0.5) is 0 Å². The molecule has 0 aromatic rings. The van der Waals surface area contributed by atoms with Gasteiger partial charge in [0.05, 0.1) is 13.2 Å². The van der Waals surface area contributed by atoms with E-state index in [1.807, 2.05) is 16.7 Å². The van der Waals surface area contributed by atoms with Crippen LogP contribution in [0, 0.1) is 0 Å². The summed E-state index contributed by atoms with van der Waals surface area (Å²) in [5.41, 5.74) is 0. The maximum atomic E-state index is 12.7. The third-order valence-electron chi connectivity index (χ3n) is 4.60. The number of carbonyl (C=O) groups excluding carboxylic acids is 2. The number of amides is 2. The summed E-state index contributed by atoms with van der Waals surface area (Å²) in [6.45, 7) is 4.45. The van der Waals surface area contributed by atoms with Gasteiger partial charge in [-0.2, -0.15) is 11.8 Å². The lowest BCUT2D eigenvalue weighted by molar-refractivity contribution is -0.144. The van der Waals surface area contributed by atoms with E-state index in [1.165, 1.54) is 0 Å². The molecule has 0 radical (unpaired) electrons. The number of carbonyl (C=O) groups is 2. The van der Waals surface area contributed by atoms with E-state index in [1.54, 1.807) is 4.90 Å². The van der Waals surface area contributed by atoms with Crippen LogP contribution in [0.5, 0.6) is 0 Å². The van der Waals surface area contributed by atoms with Gasteiger partial charge in [-0.05, 0) is 12.8 Å². The molecule has 0 bridgehead atoms. The van der Waals surface area contributed by atoms with E-state index < -0.39 is 0 Å². The van der Waals surface area contributed by atoms with Crippen LogP contribution in [-0.4, -0.2) is 84.6 Å². The molecule has 3 fully saturated rings. The predicted octanol–water partition coefficient (Wildman–Crippen LogP) is 0.353. The van der Waals surface area contributed by atoms with Gasteiger partial charge in [0.25, 0.3) is 0 Å². The second-order valence-corrected chi connectivity index (χ2v) is 7.34. The molecule has 2 amide bonds. The molecule has 0 aliphatic carbocycles. The fourth-order valence-corrected chi connectivity index (χ4v) is 4.30. The largest absolute Gasteiger partial charge is 0.378 e. The molecule has 2 atom stereocenters. The molecular formula is C15H26ClN3O3S. The zero-order chi connectivity index (χ0) is 15.4. The Bertz CT molecular complexity index is 415. The highest BCUT2D eigenvalue weighted by Gasteiger charge is 2.37. The molecule has 8 heteroatoms. The molecular weight excluding hydrogens is 338 g/mol. The predicted molar refractivity (Wildman–Crippen MR) is 93.1 cm³/mol. The Morgan fingerprint density at radius 3 is 2.70 bits per heavy atom. The summed E-state index contributed by atoms with van der Waals surface area (Å²) in [7, 11) is 0. The lowest BCUT2D eigenvalue weighted by Crippen LogP contribution is -2.51. The summed E-state index contributed by atoms with van der Waals surface area (Å²) in [5.74, 6) is 2.26. The van der Waals surface area contributed by atoms with Crippen LogP contribution >= 0.6 is 24.2 Å². The minimum Gasteiger partial charge on any atom is -0.378 e. The molecule has 0 aromatic carbocycles. The van der Waals surface area contributed by atoms with Crippen LogP contribution in [0.15, 0.2) is 0 Å². The van der Waals surface area contributed by atoms with Crippen molar-refractivity contribution in [1.29, 1.82) is 0 Å². The Balaban J connectivity index is 0.00000192. The summed E-state index contributed by atoms with van der Waals surface area (Å²) < 4.78 is 5.40. The highest BCUT2D eigenvalue weighted by Crippen LogP contribution is 2.22. The Kier molecular flexibility index (Phi) is 7.46. The number of nitrogens with zero attached hydrogens (tertiary/aromatic N) is 2. The first-order valence-corrected chi connectivity index (χ1v) is 9.38. The molecule has 0 aromatic heterocycles. The van der Waals surface area contributed by atoms with Crippen molar-refractivity contribution in [3.8, 4) is 0 Å². The first-order chi connectivity index (χ1) is 10.8. The first kappa shape index (κ1) is 18.8. The molecule has 0 spiro atoms. The molecule has 3 saturated heterocycles. The van der Waals surface area contributed by atoms with E-state index in [0.29, 0.717) is 26.2 Å². The van der Waals surface area contributed by atoms with Crippen LogP contribution in [0.2, 0.25) is 0 Å². The molecule has 0 saturated carbocycles. The Labute approximate surface area is 148 Å². The number of hydrogen-bond donors (Lipinski definition) is 1. The number of morpholine rings is 1. The van der Waals surface area contributed by atoms with E-state index in [0.717, 1.165) is 44.0 Å². The molecule has 1 N–H and O–H groups in total. The van der Waals surface area contributed by atoms with Crippen molar-refractivity contribution in [2.45, 2.75) is 31.3 Å². The lowest BCUT2D eigenvalue weighted by atomic mass is 10.1. The number of rotatable bonds is 3. The minimum absolute atomic E-state index is 0.